The van der Waals surface area contributed by atoms with Crippen LogP contribution >= 0.6 is 0 Å². The fourth-order valence-electron chi connectivity index (χ4n) is 3.86. The Morgan fingerprint density at radius 2 is 1.94 bits per heavy atom. The Hall–Kier alpha value is -0.300. The monoisotopic (exact) mass is 222 g/mol. The molecule has 0 aromatic carbocycles. The van der Waals surface area contributed by atoms with E-state index in [1.54, 1.807) is 5.57 Å². The molecule has 1 N–H and O–H groups in total. The van der Waals surface area contributed by atoms with Crippen molar-refractivity contribution in [3.05, 3.63) is 11.6 Å². The summed E-state index contributed by atoms with van der Waals surface area (Å²) in [5.41, 5.74) is 1.58. The minimum absolute atomic E-state index is 0.109. The number of aliphatic hydroxyl groups is 1. The molecule has 0 aromatic heterocycles. The van der Waals surface area contributed by atoms with E-state index in [0.29, 0.717) is 23.7 Å². The summed E-state index contributed by atoms with van der Waals surface area (Å²) >= 11 is 0. The molecular formula is C15H26O. The Labute approximate surface area is 99.9 Å². The first-order valence-electron chi connectivity index (χ1n) is 6.90. The Balaban J connectivity index is 2.30. The van der Waals surface area contributed by atoms with Gasteiger partial charge in [0.15, 0.2) is 0 Å². The molecule has 0 aromatic rings. The van der Waals surface area contributed by atoms with Crippen LogP contribution in [-0.4, -0.2) is 11.2 Å². The van der Waals surface area contributed by atoms with Crippen LogP contribution in [0.2, 0.25) is 0 Å². The number of hydrogen-bond donors (Lipinski definition) is 1. The number of aliphatic hydroxyl groups excluding tert-OH is 1. The molecule has 1 fully saturated rings. The molecule has 0 radical (unpaired) electrons. The zero-order valence-electron chi connectivity index (χ0n) is 11.1. The third-order valence-corrected chi connectivity index (χ3v) is 4.66. The largest absolute Gasteiger partial charge is 0.392 e. The first-order chi connectivity index (χ1) is 7.50. The lowest BCUT2D eigenvalue weighted by atomic mass is 9.62. The highest BCUT2D eigenvalue weighted by Gasteiger charge is 2.40. The normalized spacial score (nSPS) is 44.1. The summed E-state index contributed by atoms with van der Waals surface area (Å²) in [5.74, 6) is 3.13. The summed E-state index contributed by atoms with van der Waals surface area (Å²) in [5, 5.41) is 10.3. The molecule has 1 saturated carbocycles. The predicted molar refractivity (Wildman–Crippen MR) is 68.1 cm³/mol. The van der Waals surface area contributed by atoms with E-state index in [4.69, 9.17) is 0 Å². The molecule has 16 heavy (non-hydrogen) atoms. The molecular weight excluding hydrogens is 196 g/mol. The molecule has 0 heterocycles. The van der Waals surface area contributed by atoms with Crippen LogP contribution in [0.4, 0.5) is 0 Å². The van der Waals surface area contributed by atoms with Crippen molar-refractivity contribution in [3.8, 4) is 0 Å². The fourth-order valence-corrected chi connectivity index (χ4v) is 3.86. The van der Waals surface area contributed by atoms with Gasteiger partial charge in [0.05, 0.1) is 6.10 Å². The maximum Gasteiger partial charge on any atom is 0.0610 e. The van der Waals surface area contributed by atoms with E-state index in [1.165, 1.54) is 12.8 Å². The van der Waals surface area contributed by atoms with Crippen molar-refractivity contribution >= 4 is 0 Å². The van der Waals surface area contributed by atoms with Crippen molar-refractivity contribution in [2.24, 2.45) is 29.6 Å². The molecule has 2 rings (SSSR count). The second kappa shape index (κ2) is 4.52. The summed E-state index contributed by atoms with van der Waals surface area (Å²) in [6.45, 7) is 9.13. The Kier molecular flexibility index (Phi) is 3.44. The topological polar surface area (TPSA) is 20.2 Å². The lowest BCUT2D eigenvalue weighted by Gasteiger charge is -2.45. The molecule has 0 amide bonds. The van der Waals surface area contributed by atoms with Gasteiger partial charge in [0.1, 0.15) is 0 Å². The first kappa shape index (κ1) is 12.2. The highest BCUT2D eigenvalue weighted by Crippen LogP contribution is 2.47. The van der Waals surface area contributed by atoms with Crippen LogP contribution in [0, 0.1) is 29.6 Å². The van der Waals surface area contributed by atoms with E-state index < -0.39 is 0 Å². The molecule has 0 aliphatic heterocycles. The van der Waals surface area contributed by atoms with Crippen LogP contribution < -0.4 is 0 Å². The molecule has 0 saturated heterocycles. The van der Waals surface area contributed by atoms with E-state index in [1.807, 2.05) is 0 Å². The van der Waals surface area contributed by atoms with Gasteiger partial charge in [-0.05, 0) is 42.9 Å². The second-order valence-corrected chi connectivity index (χ2v) is 6.38. The van der Waals surface area contributed by atoms with Gasteiger partial charge in [-0.2, -0.15) is 0 Å². The highest BCUT2D eigenvalue weighted by atomic mass is 16.3. The smallest absolute Gasteiger partial charge is 0.0610 e. The molecule has 1 heteroatoms. The fraction of sp³-hybridized carbons (Fsp3) is 0.867. The number of hydrogen-bond acceptors (Lipinski definition) is 1. The van der Waals surface area contributed by atoms with Crippen LogP contribution in [0.25, 0.3) is 0 Å². The maximum absolute atomic E-state index is 10.3. The lowest BCUT2D eigenvalue weighted by molar-refractivity contribution is 0.0328. The van der Waals surface area contributed by atoms with E-state index in [2.05, 4.69) is 33.8 Å². The van der Waals surface area contributed by atoms with Crippen LogP contribution in [-0.2, 0) is 0 Å². The molecule has 0 spiro atoms. The van der Waals surface area contributed by atoms with Crippen LogP contribution in [0.1, 0.15) is 47.0 Å². The van der Waals surface area contributed by atoms with Gasteiger partial charge < -0.3 is 5.11 Å². The van der Waals surface area contributed by atoms with Crippen molar-refractivity contribution in [3.63, 3.8) is 0 Å². The molecule has 0 bridgehead atoms. The van der Waals surface area contributed by atoms with Crippen molar-refractivity contribution in [1.82, 2.24) is 0 Å². The molecule has 0 unspecified atom stereocenters. The molecule has 92 valence electrons. The third-order valence-electron chi connectivity index (χ3n) is 4.66. The molecule has 2 aliphatic rings. The Morgan fingerprint density at radius 3 is 2.56 bits per heavy atom. The number of allylic oxidation sites excluding steroid dienone is 1. The average Bonchev–Trinajstić information content (AvgIpc) is 2.15. The van der Waals surface area contributed by atoms with Gasteiger partial charge in [-0.25, -0.2) is 0 Å². The van der Waals surface area contributed by atoms with Gasteiger partial charge in [0, 0.05) is 5.92 Å². The maximum atomic E-state index is 10.3. The molecule has 2 aliphatic carbocycles. The standard InChI is InChI=1S/C15H26O/c1-9(2)15-13-7-10(3)5-6-12(13)11(4)8-14(15)16/h7,9-12,14-16H,5-6,8H2,1-4H3/t10-,11-,12-,14+,15-/m0/s1. The minimum Gasteiger partial charge on any atom is -0.392 e. The SMILES string of the molecule is CC(C)[C@H]1C2=C[C@@H](C)CC[C@H]2[C@@H](C)C[C@H]1O. The Bertz CT molecular complexity index is 279. The molecule has 1 nitrogen and oxygen atoms in total. The van der Waals surface area contributed by atoms with Crippen molar-refractivity contribution in [2.75, 3.05) is 0 Å². The Morgan fingerprint density at radius 1 is 1.25 bits per heavy atom. The summed E-state index contributed by atoms with van der Waals surface area (Å²) in [7, 11) is 0. The van der Waals surface area contributed by atoms with E-state index >= 15 is 0 Å². The van der Waals surface area contributed by atoms with Gasteiger partial charge in [0.25, 0.3) is 0 Å². The van der Waals surface area contributed by atoms with E-state index in [-0.39, 0.29) is 6.10 Å². The van der Waals surface area contributed by atoms with E-state index in [9.17, 15) is 5.11 Å². The predicted octanol–water partition coefficient (Wildman–Crippen LogP) is 3.63. The van der Waals surface area contributed by atoms with Gasteiger partial charge in [-0.3, -0.25) is 0 Å². The summed E-state index contributed by atoms with van der Waals surface area (Å²) < 4.78 is 0. The lowest BCUT2D eigenvalue weighted by Crippen LogP contribution is -2.40. The third kappa shape index (κ3) is 2.07. The zero-order chi connectivity index (χ0) is 11.9. The minimum atomic E-state index is -0.109. The summed E-state index contributed by atoms with van der Waals surface area (Å²) in [4.78, 5) is 0. The average molecular weight is 222 g/mol. The van der Waals surface area contributed by atoms with Gasteiger partial charge >= 0.3 is 0 Å². The summed E-state index contributed by atoms with van der Waals surface area (Å²) in [6, 6.07) is 0. The zero-order valence-corrected chi connectivity index (χ0v) is 11.1. The summed E-state index contributed by atoms with van der Waals surface area (Å²) in [6.07, 6.45) is 6.03. The highest BCUT2D eigenvalue weighted by molar-refractivity contribution is 5.21. The van der Waals surface area contributed by atoms with Gasteiger partial charge in [0.2, 0.25) is 0 Å². The van der Waals surface area contributed by atoms with Crippen molar-refractivity contribution < 1.29 is 5.11 Å². The number of fused-ring (bicyclic) bond motifs is 1. The second-order valence-electron chi connectivity index (χ2n) is 6.38. The van der Waals surface area contributed by atoms with E-state index in [0.717, 1.165) is 12.3 Å². The van der Waals surface area contributed by atoms with Crippen molar-refractivity contribution in [1.29, 1.82) is 0 Å². The van der Waals surface area contributed by atoms with Crippen LogP contribution in [0.3, 0.4) is 0 Å². The molecule has 5 atom stereocenters. The van der Waals surface area contributed by atoms with Crippen LogP contribution in [0.15, 0.2) is 11.6 Å². The first-order valence-corrected chi connectivity index (χ1v) is 6.90. The number of rotatable bonds is 1. The van der Waals surface area contributed by atoms with Gasteiger partial charge in [-0.1, -0.05) is 39.3 Å². The van der Waals surface area contributed by atoms with Crippen molar-refractivity contribution in [2.45, 2.75) is 53.1 Å². The quantitative estimate of drug-likeness (QED) is 0.672. The van der Waals surface area contributed by atoms with Crippen LogP contribution in [0.5, 0.6) is 0 Å². The van der Waals surface area contributed by atoms with Gasteiger partial charge in [-0.15, -0.1) is 0 Å².